The van der Waals surface area contributed by atoms with Gasteiger partial charge in [0.1, 0.15) is 5.82 Å². The van der Waals surface area contributed by atoms with E-state index in [-0.39, 0.29) is 5.82 Å². The minimum absolute atomic E-state index is 0.204. The first-order valence-electron chi connectivity index (χ1n) is 7.34. The molecule has 0 spiro atoms. The summed E-state index contributed by atoms with van der Waals surface area (Å²) in [6, 6.07) is 15.7. The van der Waals surface area contributed by atoms with Crippen LogP contribution in [0, 0.1) is 11.7 Å². The van der Waals surface area contributed by atoms with E-state index >= 15 is 0 Å². The molecule has 112 valence electrons. The maximum absolute atomic E-state index is 13.2. The summed E-state index contributed by atoms with van der Waals surface area (Å²) in [7, 11) is 0. The van der Waals surface area contributed by atoms with E-state index in [1.165, 1.54) is 17.7 Å². The molecule has 2 atom stereocenters. The lowest BCUT2D eigenvalue weighted by atomic mass is 9.89. The smallest absolute Gasteiger partial charge is 0.124 e. The third-order valence-corrected chi connectivity index (χ3v) is 4.45. The van der Waals surface area contributed by atoms with E-state index in [2.05, 4.69) is 59.4 Å². The van der Waals surface area contributed by atoms with Gasteiger partial charge in [-0.2, -0.15) is 0 Å². The Bertz CT molecular complexity index is 571. The fourth-order valence-electron chi connectivity index (χ4n) is 2.68. The lowest BCUT2D eigenvalue weighted by Gasteiger charge is -2.26. The second kappa shape index (κ2) is 7.71. The van der Waals surface area contributed by atoms with Crippen LogP contribution in [-0.4, -0.2) is 6.54 Å². The van der Waals surface area contributed by atoms with Gasteiger partial charge in [0.15, 0.2) is 0 Å². The van der Waals surface area contributed by atoms with Crippen molar-refractivity contribution in [3.8, 4) is 0 Å². The lowest BCUT2D eigenvalue weighted by molar-refractivity contribution is 0.391. The molecule has 0 amide bonds. The lowest BCUT2D eigenvalue weighted by Crippen LogP contribution is -2.28. The molecule has 0 radical (unpaired) electrons. The van der Waals surface area contributed by atoms with Crippen LogP contribution in [0.4, 0.5) is 4.39 Å². The fourth-order valence-corrected chi connectivity index (χ4v) is 3.19. The Morgan fingerprint density at radius 2 is 1.86 bits per heavy atom. The average Bonchev–Trinajstić information content (AvgIpc) is 2.48. The number of nitrogens with one attached hydrogen (secondary N) is 1. The molecule has 2 aromatic rings. The van der Waals surface area contributed by atoms with E-state index in [1.54, 1.807) is 0 Å². The van der Waals surface area contributed by atoms with E-state index in [9.17, 15) is 4.39 Å². The Labute approximate surface area is 134 Å². The molecule has 0 saturated carbocycles. The van der Waals surface area contributed by atoms with Gasteiger partial charge in [0, 0.05) is 10.5 Å². The van der Waals surface area contributed by atoms with Gasteiger partial charge in [-0.1, -0.05) is 66.2 Å². The minimum atomic E-state index is -0.204. The quantitative estimate of drug-likeness (QED) is 0.763. The minimum Gasteiger partial charge on any atom is -0.310 e. The van der Waals surface area contributed by atoms with Crippen molar-refractivity contribution < 1.29 is 4.39 Å². The summed E-state index contributed by atoms with van der Waals surface area (Å²) < 4.78 is 14.0. The Morgan fingerprint density at radius 1 is 1.14 bits per heavy atom. The molecule has 0 aromatic heterocycles. The van der Waals surface area contributed by atoms with Gasteiger partial charge in [0.05, 0.1) is 0 Å². The molecule has 0 aliphatic heterocycles. The summed E-state index contributed by atoms with van der Waals surface area (Å²) in [5, 5.41) is 3.56. The first-order valence-corrected chi connectivity index (χ1v) is 8.13. The number of benzene rings is 2. The standard InChI is InChI=1S/C18H21BrFN/c1-3-21-18(14-7-5-4-6-8-14)13(2)11-15-9-10-16(20)12-17(15)19/h4-10,12-13,18,21H,3,11H2,1-2H3. The molecular formula is C18H21BrFN. The molecule has 2 aromatic carbocycles. The molecule has 0 bridgehead atoms. The van der Waals surface area contributed by atoms with Crippen LogP contribution in [0.3, 0.4) is 0 Å². The molecule has 1 N–H and O–H groups in total. The largest absolute Gasteiger partial charge is 0.310 e. The highest BCUT2D eigenvalue weighted by Crippen LogP contribution is 2.28. The third-order valence-electron chi connectivity index (χ3n) is 3.71. The maximum Gasteiger partial charge on any atom is 0.124 e. The van der Waals surface area contributed by atoms with E-state index < -0.39 is 0 Å². The zero-order valence-corrected chi connectivity index (χ0v) is 14.0. The summed E-state index contributed by atoms with van der Waals surface area (Å²) in [6.45, 7) is 5.28. The van der Waals surface area contributed by atoms with Crippen LogP contribution in [0.15, 0.2) is 53.0 Å². The van der Waals surface area contributed by atoms with Crippen LogP contribution in [0.1, 0.15) is 31.0 Å². The molecule has 0 saturated heterocycles. The second-order valence-corrected chi connectivity index (χ2v) is 6.22. The highest BCUT2D eigenvalue weighted by molar-refractivity contribution is 9.10. The van der Waals surface area contributed by atoms with Crippen LogP contribution in [0.25, 0.3) is 0 Å². The Kier molecular flexibility index (Phi) is 5.95. The van der Waals surface area contributed by atoms with Crippen molar-refractivity contribution in [3.63, 3.8) is 0 Å². The third kappa shape index (κ3) is 4.39. The Morgan fingerprint density at radius 3 is 2.48 bits per heavy atom. The normalized spacial score (nSPS) is 13.9. The van der Waals surface area contributed by atoms with Crippen LogP contribution in [0.2, 0.25) is 0 Å². The predicted molar refractivity (Wildman–Crippen MR) is 89.8 cm³/mol. The van der Waals surface area contributed by atoms with Gasteiger partial charge in [-0.25, -0.2) is 4.39 Å². The van der Waals surface area contributed by atoms with E-state index in [0.717, 1.165) is 23.0 Å². The molecule has 1 nitrogen and oxygen atoms in total. The summed E-state index contributed by atoms with van der Waals surface area (Å²) >= 11 is 3.46. The van der Waals surface area contributed by atoms with Crippen LogP contribution >= 0.6 is 15.9 Å². The summed E-state index contributed by atoms with van der Waals surface area (Å²) in [5.41, 5.74) is 2.44. The maximum atomic E-state index is 13.2. The molecule has 2 unspecified atom stereocenters. The van der Waals surface area contributed by atoms with Crippen molar-refractivity contribution in [2.75, 3.05) is 6.54 Å². The molecular weight excluding hydrogens is 329 g/mol. The Hall–Kier alpha value is -1.19. The highest BCUT2D eigenvalue weighted by Gasteiger charge is 2.19. The second-order valence-electron chi connectivity index (χ2n) is 5.36. The molecule has 0 fully saturated rings. The predicted octanol–water partition coefficient (Wildman–Crippen LogP) is 5.12. The summed E-state index contributed by atoms with van der Waals surface area (Å²) in [5.74, 6) is 0.207. The monoisotopic (exact) mass is 349 g/mol. The number of hydrogen-bond acceptors (Lipinski definition) is 1. The molecule has 21 heavy (non-hydrogen) atoms. The molecule has 0 heterocycles. The molecule has 2 rings (SSSR count). The number of rotatable bonds is 6. The SMILES string of the molecule is CCNC(c1ccccc1)C(C)Cc1ccc(F)cc1Br. The van der Waals surface area contributed by atoms with Crippen molar-refractivity contribution in [1.29, 1.82) is 0 Å². The van der Waals surface area contributed by atoms with Crippen molar-refractivity contribution in [1.82, 2.24) is 5.32 Å². The van der Waals surface area contributed by atoms with Crippen LogP contribution in [-0.2, 0) is 6.42 Å². The van der Waals surface area contributed by atoms with Crippen molar-refractivity contribution in [2.24, 2.45) is 5.92 Å². The van der Waals surface area contributed by atoms with Crippen LogP contribution < -0.4 is 5.32 Å². The van der Waals surface area contributed by atoms with Crippen molar-refractivity contribution >= 4 is 15.9 Å². The molecule has 3 heteroatoms. The first-order chi connectivity index (χ1) is 10.1. The summed E-state index contributed by atoms with van der Waals surface area (Å²) in [6.07, 6.45) is 0.896. The zero-order valence-electron chi connectivity index (χ0n) is 12.4. The topological polar surface area (TPSA) is 12.0 Å². The van der Waals surface area contributed by atoms with Gasteiger partial charge in [0.2, 0.25) is 0 Å². The van der Waals surface area contributed by atoms with Gasteiger partial charge >= 0.3 is 0 Å². The van der Waals surface area contributed by atoms with Crippen molar-refractivity contribution in [3.05, 3.63) is 69.9 Å². The number of halogens is 2. The van der Waals surface area contributed by atoms with E-state index in [4.69, 9.17) is 0 Å². The van der Waals surface area contributed by atoms with Gasteiger partial charge in [-0.05, 0) is 42.1 Å². The highest BCUT2D eigenvalue weighted by atomic mass is 79.9. The van der Waals surface area contributed by atoms with Crippen LogP contribution in [0.5, 0.6) is 0 Å². The Balaban J connectivity index is 2.17. The molecule has 0 aliphatic rings. The average molecular weight is 350 g/mol. The van der Waals surface area contributed by atoms with E-state index in [0.29, 0.717) is 12.0 Å². The van der Waals surface area contributed by atoms with E-state index in [1.807, 2.05) is 12.1 Å². The summed E-state index contributed by atoms with van der Waals surface area (Å²) in [4.78, 5) is 0. The van der Waals surface area contributed by atoms with Gasteiger partial charge < -0.3 is 5.32 Å². The molecule has 0 aliphatic carbocycles. The fraction of sp³-hybridized carbons (Fsp3) is 0.333. The van der Waals surface area contributed by atoms with Gasteiger partial charge in [0.25, 0.3) is 0 Å². The zero-order chi connectivity index (χ0) is 15.2. The van der Waals surface area contributed by atoms with Crippen molar-refractivity contribution in [2.45, 2.75) is 26.3 Å². The van der Waals surface area contributed by atoms with Gasteiger partial charge in [-0.15, -0.1) is 0 Å². The number of hydrogen-bond donors (Lipinski definition) is 1. The first kappa shape index (κ1) is 16.2. The van der Waals surface area contributed by atoms with Gasteiger partial charge in [-0.3, -0.25) is 0 Å².